The van der Waals surface area contributed by atoms with Crippen molar-refractivity contribution in [1.82, 2.24) is 0 Å². The summed E-state index contributed by atoms with van der Waals surface area (Å²) in [5.74, 6) is 0.200. The highest BCUT2D eigenvalue weighted by molar-refractivity contribution is 6.12. The lowest BCUT2D eigenvalue weighted by atomic mass is 9.99. The summed E-state index contributed by atoms with van der Waals surface area (Å²) < 4.78 is 10.2. The van der Waals surface area contributed by atoms with Gasteiger partial charge in [0.05, 0.1) is 19.8 Å². The molecule has 0 amide bonds. The van der Waals surface area contributed by atoms with Crippen molar-refractivity contribution in [2.45, 2.75) is 6.92 Å². The highest BCUT2D eigenvalue weighted by Gasteiger charge is 2.22. The Kier molecular flexibility index (Phi) is 4.77. The van der Waals surface area contributed by atoms with E-state index in [4.69, 9.17) is 9.47 Å². The zero-order valence-electron chi connectivity index (χ0n) is 12.5. The number of hydrogen-bond acceptors (Lipinski definition) is 5. The van der Waals surface area contributed by atoms with E-state index in [1.807, 2.05) is 13.0 Å². The van der Waals surface area contributed by atoms with Gasteiger partial charge in [-0.2, -0.15) is 5.23 Å². The van der Waals surface area contributed by atoms with E-state index in [9.17, 15) is 15.2 Å². The van der Waals surface area contributed by atoms with Gasteiger partial charge >= 0.3 is 0 Å². The molecule has 6 heteroatoms. The molecule has 2 aromatic carbocycles. The first kappa shape index (κ1) is 16.0. The Bertz CT molecular complexity index is 697. The van der Waals surface area contributed by atoms with Crippen LogP contribution < -0.4 is 14.7 Å². The molecule has 0 aliphatic heterocycles. The lowest BCUT2D eigenvalue weighted by Gasteiger charge is -2.18. The molecule has 0 aliphatic carbocycles. The van der Waals surface area contributed by atoms with Crippen molar-refractivity contribution in [1.29, 1.82) is 0 Å². The minimum atomic E-state index is -1.20. The lowest BCUT2D eigenvalue weighted by molar-refractivity contribution is -0.991. The fourth-order valence-corrected chi connectivity index (χ4v) is 2.19. The minimum Gasteiger partial charge on any atom is -0.595 e. The van der Waals surface area contributed by atoms with Gasteiger partial charge in [-0.05, 0) is 13.0 Å². The standard InChI is InChI=1S/C16H17NO5/c1-10-5-4-6-11(7-10)16(18)12-8-14(21-2)15(22-3)9-13(12)17(19)20/h4-9,17,19H,1-3H3. The number of methoxy groups -OCH3 is 2. The number of carbonyl (C=O) groups is 1. The van der Waals surface area contributed by atoms with Crippen LogP contribution in [0.2, 0.25) is 0 Å². The molecule has 0 bridgehead atoms. The number of hydrogen-bond donors (Lipinski definition) is 2. The molecule has 0 spiro atoms. The molecular formula is C16H17NO5. The van der Waals surface area contributed by atoms with Crippen LogP contribution in [0.3, 0.4) is 0 Å². The number of quaternary nitrogens is 1. The van der Waals surface area contributed by atoms with Crippen LogP contribution >= 0.6 is 0 Å². The molecule has 116 valence electrons. The third kappa shape index (κ3) is 3.09. The van der Waals surface area contributed by atoms with Gasteiger partial charge in [-0.15, -0.1) is 0 Å². The van der Waals surface area contributed by atoms with Crippen molar-refractivity contribution in [2.24, 2.45) is 0 Å². The molecule has 0 fully saturated rings. The summed E-state index contributed by atoms with van der Waals surface area (Å²) in [4.78, 5) is 12.6. The molecule has 2 N–H and O–H groups in total. The molecule has 2 rings (SSSR count). The van der Waals surface area contributed by atoms with Crippen molar-refractivity contribution < 1.29 is 24.7 Å². The maximum absolute atomic E-state index is 12.6. The quantitative estimate of drug-likeness (QED) is 0.648. The van der Waals surface area contributed by atoms with Crippen LogP contribution in [0.1, 0.15) is 21.5 Å². The van der Waals surface area contributed by atoms with E-state index < -0.39 is 5.23 Å². The lowest BCUT2D eigenvalue weighted by Crippen LogP contribution is -2.99. The van der Waals surface area contributed by atoms with Gasteiger partial charge in [0.2, 0.25) is 0 Å². The third-order valence-corrected chi connectivity index (χ3v) is 3.28. The summed E-state index contributed by atoms with van der Waals surface area (Å²) in [5.41, 5.74) is 1.29. The summed E-state index contributed by atoms with van der Waals surface area (Å²) in [6.07, 6.45) is 0. The van der Waals surface area contributed by atoms with Gasteiger partial charge in [0.15, 0.2) is 23.0 Å². The van der Waals surface area contributed by atoms with Gasteiger partial charge in [0, 0.05) is 17.7 Å². The maximum atomic E-state index is 12.6. The Morgan fingerprint density at radius 3 is 2.32 bits per heavy atom. The molecule has 0 saturated heterocycles. The molecule has 0 saturated carbocycles. The fourth-order valence-electron chi connectivity index (χ4n) is 2.19. The van der Waals surface area contributed by atoms with E-state index >= 15 is 0 Å². The van der Waals surface area contributed by atoms with Crippen molar-refractivity contribution in [2.75, 3.05) is 14.2 Å². The van der Waals surface area contributed by atoms with Gasteiger partial charge in [-0.3, -0.25) is 4.79 Å². The van der Waals surface area contributed by atoms with E-state index in [-0.39, 0.29) is 22.8 Å². The summed E-state index contributed by atoms with van der Waals surface area (Å²) in [6, 6.07) is 9.67. The van der Waals surface area contributed by atoms with E-state index in [2.05, 4.69) is 0 Å². The van der Waals surface area contributed by atoms with Gasteiger partial charge in [0.25, 0.3) is 0 Å². The first-order valence-corrected chi connectivity index (χ1v) is 6.58. The molecule has 2 aromatic rings. The molecule has 0 radical (unpaired) electrons. The van der Waals surface area contributed by atoms with E-state index in [1.165, 1.54) is 26.4 Å². The Labute approximate surface area is 128 Å². The highest BCUT2D eigenvalue weighted by Crippen LogP contribution is 2.32. The molecule has 6 nitrogen and oxygen atoms in total. The van der Waals surface area contributed by atoms with E-state index in [0.29, 0.717) is 11.3 Å². The van der Waals surface area contributed by atoms with Gasteiger partial charge in [0.1, 0.15) is 0 Å². The van der Waals surface area contributed by atoms with E-state index in [0.717, 1.165) is 5.56 Å². The van der Waals surface area contributed by atoms with E-state index in [1.54, 1.807) is 18.2 Å². The summed E-state index contributed by atoms with van der Waals surface area (Å²) >= 11 is 0. The largest absolute Gasteiger partial charge is 0.595 e. The van der Waals surface area contributed by atoms with Crippen molar-refractivity contribution >= 4 is 11.5 Å². The maximum Gasteiger partial charge on any atom is 0.199 e. The highest BCUT2D eigenvalue weighted by atomic mass is 16.8. The number of ketones is 1. The fraction of sp³-hybridized carbons (Fsp3) is 0.188. The topological polar surface area (TPSA) is 83.3 Å². The molecule has 0 aliphatic rings. The van der Waals surface area contributed by atoms with Crippen LogP contribution in [0.25, 0.3) is 0 Å². The van der Waals surface area contributed by atoms with Crippen LogP contribution in [0.4, 0.5) is 5.69 Å². The first-order chi connectivity index (χ1) is 10.5. The van der Waals surface area contributed by atoms with Crippen molar-refractivity contribution in [3.8, 4) is 11.5 Å². The number of rotatable bonds is 5. The molecular weight excluding hydrogens is 286 g/mol. The zero-order chi connectivity index (χ0) is 16.3. The first-order valence-electron chi connectivity index (χ1n) is 6.58. The zero-order valence-corrected chi connectivity index (χ0v) is 12.5. The average molecular weight is 303 g/mol. The van der Waals surface area contributed by atoms with Crippen LogP contribution in [-0.4, -0.2) is 25.2 Å². The molecule has 0 aromatic heterocycles. The molecule has 1 unspecified atom stereocenters. The second-order valence-electron chi connectivity index (χ2n) is 4.76. The number of aryl methyl sites for hydroxylation is 1. The second kappa shape index (κ2) is 6.57. The van der Waals surface area contributed by atoms with Crippen molar-refractivity contribution in [3.05, 3.63) is 58.3 Å². The SMILES string of the molecule is COc1cc(C(=O)c2cccc(C)c2)c([NH+]([O-])O)cc1OC. The third-order valence-electron chi connectivity index (χ3n) is 3.28. The summed E-state index contributed by atoms with van der Waals surface area (Å²) in [5, 5.41) is 19.6. The summed E-state index contributed by atoms with van der Waals surface area (Å²) in [6.45, 7) is 1.86. The molecule has 22 heavy (non-hydrogen) atoms. The van der Waals surface area contributed by atoms with Crippen LogP contribution in [0, 0.1) is 12.1 Å². The summed E-state index contributed by atoms with van der Waals surface area (Å²) in [7, 11) is 2.84. The monoisotopic (exact) mass is 303 g/mol. The Balaban J connectivity index is 2.59. The Morgan fingerprint density at radius 2 is 1.77 bits per heavy atom. The Morgan fingerprint density at radius 1 is 1.14 bits per heavy atom. The normalized spacial score (nSPS) is 11.9. The second-order valence-corrected chi connectivity index (χ2v) is 4.76. The number of ether oxygens (including phenoxy) is 2. The smallest absolute Gasteiger partial charge is 0.199 e. The van der Waals surface area contributed by atoms with Crippen LogP contribution in [0.15, 0.2) is 36.4 Å². The van der Waals surface area contributed by atoms with Crippen LogP contribution in [0.5, 0.6) is 11.5 Å². The van der Waals surface area contributed by atoms with Gasteiger partial charge in [-0.25, -0.2) is 5.21 Å². The van der Waals surface area contributed by atoms with Gasteiger partial charge < -0.3 is 14.7 Å². The number of benzene rings is 2. The van der Waals surface area contributed by atoms with Gasteiger partial charge in [-0.1, -0.05) is 23.8 Å². The molecule has 1 atom stereocenters. The predicted molar refractivity (Wildman–Crippen MR) is 79.9 cm³/mol. The average Bonchev–Trinajstić information content (AvgIpc) is 2.52. The predicted octanol–water partition coefficient (Wildman–Crippen LogP) is 1.65. The van der Waals surface area contributed by atoms with Crippen LogP contribution in [-0.2, 0) is 0 Å². The van der Waals surface area contributed by atoms with Crippen molar-refractivity contribution in [3.63, 3.8) is 0 Å². The molecule has 0 heterocycles. The minimum absolute atomic E-state index is 0.0655. The number of carbonyl (C=O) groups excluding carboxylic acids is 1. The number of nitrogens with one attached hydrogen (secondary N) is 1. The Hall–Kier alpha value is -2.41.